The maximum atomic E-state index is 12.1. The smallest absolute Gasteiger partial charge is 0.339 e. The number of thiocarbonyl (C=S) groups is 1. The Hall–Kier alpha value is -1.24. The minimum absolute atomic E-state index is 0.208. The van der Waals surface area contributed by atoms with Gasteiger partial charge in [0.1, 0.15) is 10.7 Å². The fraction of sp³-hybridized carbons (Fsp3) is 0.375. The van der Waals surface area contributed by atoms with E-state index in [-0.39, 0.29) is 6.10 Å². The molecule has 0 saturated carbocycles. The van der Waals surface area contributed by atoms with Crippen LogP contribution in [0.2, 0.25) is 5.02 Å². The Kier molecular flexibility index (Phi) is 6.33. The van der Waals surface area contributed by atoms with Crippen LogP contribution in [-0.2, 0) is 9.47 Å². The van der Waals surface area contributed by atoms with Crippen LogP contribution in [0.15, 0.2) is 28.9 Å². The first-order chi connectivity index (χ1) is 10.9. The van der Waals surface area contributed by atoms with Crippen molar-refractivity contribution >= 4 is 52.2 Å². The molecule has 0 fully saturated rings. The second-order valence-electron chi connectivity index (χ2n) is 5.19. The van der Waals surface area contributed by atoms with Crippen LogP contribution in [0.4, 0.5) is 5.69 Å². The Morgan fingerprint density at radius 1 is 1.48 bits per heavy atom. The number of carbonyl (C=O) groups excluding carboxylic acids is 1. The molecular formula is C16H18ClNO3S2. The van der Waals surface area contributed by atoms with Gasteiger partial charge in [-0.3, -0.25) is 0 Å². The standard InChI is InChI=1S/C16H18ClNO3S2/c1-9(2)21-16(19)12-8-11(4-5-13(12)17)18-15(22)14-10(3)20-6-7-23-14/h4-5,8-9H,6-7H2,1-3H3,(H,18,22). The minimum Gasteiger partial charge on any atom is -0.496 e. The van der Waals surface area contributed by atoms with E-state index in [9.17, 15) is 4.79 Å². The number of halogens is 1. The summed E-state index contributed by atoms with van der Waals surface area (Å²) >= 11 is 13.2. The van der Waals surface area contributed by atoms with Crippen molar-refractivity contribution in [2.45, 2.75) is 26.9 Å². The lowest BCUT2D eigenvalue weighted by molar-refractivity contribution is 0.0378. The number of hydrogen-bond acceptors (Lipinski definition) is 5. The summed E-state index contributed by atoms with van der Waals surface area (Å²) in [6.07, 6.45) is -0.208. The van der Waals surface area contributed by atoms with Crippen molar-refractivity contribution < 1.29 is 14.3 Å². The molecule has 1 aliphatic rings. The Morgan fingerprint density at radius 3 is 2.87 bits per heavy atom. The molecule has 0 bridgehead atoms. The lowest BCUT2D eigenvalue weighted by atomic mass is 10.2. The number of nitrogens with one attached hydrogen (secondary N) is 1. The first kappa shape index (κ1) is 18.1. The maximum Gasteiger partial charge on any atom is 0.339 e. The fourth-order valence-corrected chi connectivity index (χ4v) is 3.40. The third-order valence-electron chi connectivity index (χ3n) is 2.96. The summed E-state index contributed by atoms with van der Waals surface area (Å²) in [7, 11) is 0. The number of benzene rings is 1. The molecule has 0 unspecified atom stereocenters. The molecule has 1 aliphatic heterocycles. The number of thioether (sulfide) groups is 1. The number of carbonyl (C=O) groups is 1. The van der Waals surface area contributed by atoms with Gasteiger partial charge in [0.05, 0.1) is 28.2 Å². The molecule has 0 spiro atoms. The quantitative estimate of drug-likeness (QED) is 0.614. The molecule has 124 valence electrons. The molecule has 0 aliphatic carbocycles. The highest BCUT2D eigenvalue weighted by atomic mass is 35.5. The topological polar surface area (TPSA) is 47.6 Å². The molecule has 0 atom stereocenters. The summed E-state index contributed by atoms with van der Waals surface area (Å²) in [5, 5.41) is 3.47. The average molecular weight is 372 g/mol. The van der Waals surface area contributed by atoms with Gasteiger partial charge in [0.15, 0.2) is 0 Å². The Balaban J connectivity index is 2.18. The van der Waals surface area contributed by atoms with Crippen molar-refractivity contribution in [2.24, 2.45) is 0 Å². The van der Waals surface area contributed by atoms with E-state index in [0.29, 0.717) is 27.9 Å². The van der Waals surface area contributed by atoms with Gasteiger partial charge in [-0.05, 0) is 39.0 Å². The van der Waals surface area contributed by atoms with Crippen molar-refractivity contribution in [3.8, 4) is 0 Å². The highest BCUT2D eigenvalue weighted by Crippen LogP contribution is 2.28. The summed E-state index contributed by atoms with van der Waals surface area (Å²) in [5.41, 5.74) is 0.994. The van der Waals surface area contributed by atoms with E-state index in [0.717, 1.165) is 16.4 Å². The van der Waals surface area contributed by atoms with Crippen LogP contribution < -0.4 is 5.32 Å². The molecule has 4 nitrogen and oxygen atoms in total. The van der Waals surface area contributed by atoms with Gasteiger partial charge in [-0.25, -0.2) is 4.79 Å². The van der Waals surface area contributed by atoms with Gasteiger partial charge >= 0.3 is 5.97 Å². The first-order valence-corrected chi connectivity index (χ1v) is 8.94. The van der Waals surface area contributed by atoms with Crippen molar-refractivity contribution in [2.75, 3.05) is 17.7 Å². The van der Waals surface area contributed by atoms with E-state index in [1.165, 1.54) is 0 Å². The molecule has 2 rings (SSSR count). The van der Waals surface area contributed by atoms with E-state index in [1.807, 2.05) is 6.92 Å². The molecule has 0 amide bonds. The predicted molar refractivity (Wildman–Crippen MR) is 99.3 cm³/mol. The van der Waals surface area contributed by atoms with Gasteiger partial charge in [-0.2, -0.15) is 0 Å². The van der Waals surface area contributed by atoms with Gasteiger partial charge < -0.3 is 14.8 Å². The SMILES string of the molecule is CC1=C(C(=S)Nc2ccc(Cl)c(C(=O)OC(C)C)c2)SCCO1. The van der Waals surface area contributed by atoms with Crippen LogP contribution in [0, 0.1) is 0 Å². The van der Waals surface area contributed by atoms with Crippen molar-refractivity contribution in [1.82, 2.24) is 0 Å². The van der Waals surface area contributed by atoms with Crippen LogP contribution in [0.3, 0.4) is 0 Å². The van der Waals surface area contributed by atoms with E-state index in [2.05, 4.69) is 5.32 Å². The van der Waals surface area contributed by atoms with Gasteiger partial charge in [0, 0.05) is 11.4 Å². The summed E-state index contributed by atoms with van der Waals surface area (Å²) in [6, 6.07) is 5.06. The number of allylic oxidation sites excluding steroid dienone is 1. The van der Waals surface area contributed by atoms with Crippen LogP contribution in [0.25, 0.3) is 0 Å². The second kappa shape index (κ2) is 8.04. The van der Waals surface area contributed by atoms with E-state index < -0.39 is 5.97 Å². The average Bonchev–Trinajstić information content (AvgIpc) is 2.48. The molecule has 0 aromatic heterocycles. The number of ether oxygens (including phenoxy) is 2. The van der Waals surface area contributed by atoms with Crippen LogP contribution in [-0.4, -0.2) is 29.4 Å². The molecule has 0 radical (unpaired) electrons. The molecule has 0 saturated heterocycles. The van der Waals surface area contributed by atoms with Gasteiger partial charge in [-0.1, -0.05) is 23.8 Å². The summed E-state index contributed by atoms with van der Waals surface area (Å²) in [5.74, 6) is 1.22. The second-order valence-corrected chi connectivity index (χ2v) is 7.11. The number of anilines is 1. The van der Waals surface area contributed by atoms with Crippen LogP contribution in [0.1, 0.15) is 31.1 Å². The van der Waals surface area contributed by atoms with Crippen LogP contribution in [0.5, 0.6) is 0 Å². The van der Waals surface area contributed by atoms with Crippen molar-refractivity contribution in [1.29, 1.82) is 0 Å². The van der Waals surface area contributed by atoms with Crippen molar-refractivity contribution in [3.05, 3.63) is 39.4 Å². The fourth-order valence-electron chi connectivity index (χ4n) is 1.96. The number of rotatable bonds is 4. The first-order valence-electron chi connectivity index (χ1n) is 7.17. The third kappa shape index (κ3) is 4.86. The maximum absolute atomic E-state index is 12.1. The molecule has 1 aromatic carbocycles. The highest BCUT2D eigenvalue weighted by Gasteiger charge is 2.18. The lowest BCUT2D eigenvalue weighted by Crippen LogP contribution is -2.17. The highest BCUT2D eigenvalue weighted by molar-refractivity contribution is 8.05. The Bertz CT molecular complexity index is 659. The van der Waals surface area contributed by atoms with Gasteiger partial charge in [0.25, 0.3) is 0 Å². The molecule has 1 heterocycles. The molecule has 23 heavy (non-hydrogen) atoms. The van der Waals surface area contributed by atoms with E-state index >= 15 is 0 Å². The summed E-state index contributed by atoms with van der Waals surface area (Å²) in [4.78, 5) is 13.5. The normalized spacial score (nSPS) is 14.5. The van der Waals surface area contributed by atoms with Gasteiger partial charge in [-0.15, -0.1) is 11.8 Å². The minimum atomic E-state index is -0.453. The lowest BCUT2D eigenvalue weighted by Gasteiger charge is -2.20. The number of esters is 1. The Labute approximate surface area is 150 Å². The summed E-state index contributed by atoms with van der Waals surface area (Å²) < 4.78 is 10.7. The monoisotopic (exact) mass is 371 g/mol. The van der Waals surface area contributed by atoms with E-state index in [4.69, 9.17) is 33.3 Å². The molecule has 1 aromatic rings. The zero-order chi connectivity index (χ0) is 17.0. The molecule has 1 N–H and O–H groups in total. The van der Waals surface area contributed by atoms with E-state index in [1.54, 1.807) is 43.8 Å². The molecular weight excluding hydrogens is 354 g/mol. The zero-order valence-electron chi connectivity index (χ0n) is 13.1. The predicted octanol–water partition coefficient (Wildman–Crippen LogP) is 4.64. The summed E-state index contributed by atoms with van der Waals surface area (Å²) in [6.45, 7) is 6.16. The number of hydrogen-bond donors (Lipinski definition) is 1. The van der Waals surface area contributed by atoms with Crippen molar-refractivity contribution in [3.63, 3.8) is 0 Å². The zero-order valence-corrected chi connectivity index (χ0v) is 15.5. The van der Waals surface area contributed by atoms with Gasteiger partial charge in [0.2, 0.25) is 0 Å². The van der Waals surface area contributed by atoms with Crippen LogP contribution >= 0.6 is 35.6 Å². The largest absolute Gasteiger partial charge is 0.496 e. The molecule has 7 heteroatoms. The Morgan fingerprint density at radius 2 is 2.22 bits per heavy atom. The third-order valence-corrected chi connectivity index (χ3v) is 4.88.